The van der Waals surface area contributed by atoms with Gasteiger partial charge in [-0.3, -0.25) is 0 Å². The van der Waals surface area contributed by atoms with Gasteiger partial charge < -0.3 is 5.11 Å². The van der Waals surface area contributed by atoms with E-state index in [0.717, 1.165) is 25.7 Å². The lowest BCUT2D eigenvalue weighted by Gasteiger charge is -2.30. The van der Waals surface area contributed by atoms with Crippen molar-refractivity contribution in [3.8, 4) is 0 Å². The molecule has 0 aliphatic heterocycles. The van der Waals surface area contributed by atoms with Crippen LogP contribution in [0.4, 0.5) is 0 Å². The first-order valence-corrected chi connectivity index (χ1v) is 9.65. The van der Waals surface area contributed by atoms with Crippen LogP contribution in [-0.2, 0) is 10.0 Å². The Bertz CT molecular complexity index is 594. The summed E-state index contributed by atoms with van der Waals surface area (Å²) >= 11 is 9.11. The molecule has 4 nitrogen and oxygen atoms in total. The summed E-state index contributed by atoms with van der Waals surface area (Å²) < 4.78 is 27.8. The number of benzene rings is 1. The van der Waals surface area contributed by atoms with E-state index >= 15 is 0 Å². The van der Waals surface area contributed by atoms with Crippen molar-refractivity contribution in [2.75, 3.05) is 13.2 Å². The van der Waals surface area contributed by atoms with Crippen molar-refractivity contribution in [3.05, 3.63) is 27.7 Å². The van der Waals surface area contributed by atoms with Gasteiger partial charge in [0.15, 0.2) is 0 Å². The van der Waals surface area contributed by atoms with Crippen molar-refractivity contribution in [1.29, 1.82) is 0 Å². The molecule has 1 aromatic carbocycles. The summed E-state index contributed by atoms with van der Waals surface area (Å²) in [5, 5.41) is 9.85. The minimum Gasteiger partial charge on any atom is -0.396 e. The van der Waals surface area contributed by atoms with E-state index in [0.29, 0.717) is 16.0 Å². The Hall–Kier alpha value is -0.140. The number of hydrogen-bond donors (Lipinski definition) is 2. The molecule has 1 saturated carbocycles. The number of rotatable bonds is 5. The number of aliphatic hydroxyl groups excluding tert-OH is 1. The van der Waals surface area contributed by atoms with Crippen LogP contribution in [0.3, 0.4) is 0 Å². The van der Waals surface area contributed by atoms with Crippen LogP contribution in [0.1, 0.15) is 25.7 Å². The van der Waals surface area contributed by atoms with Gasteiger partial charge in [0.25, 0.3) is 0 Å². The molecule has 1 aliphatic rings. The molecule has 7 heteroatoms. The third kappa shape index (κ3) is 4.42. The summed E-state index contributed by atoms with van der Waals surface area (Å²) in [4.78, 5) is 0.190. The fourth-order valence-electron chi connectivity index (χ4n) is 2.74. The van der Waals surface area contributed by atoms with E-state index in [1.54, 1.807) is 6.07 Å². The molecule has 0 aromatic heterocycles. The quantitative estimate of drug-likeness (QED) is 0.803. The van der Waals surface area contributed by atoms with E-state index in [2.05, 4.69) is 20.7 Å². The number of hydrogen-bond acceptors (Lipinski definition) is 3. The van der Waals surface area contributed by atoms with Gasteiger partial charge in [-0.2, -0.15) is 0 Å². The highest BCUT2D eigenvalue weighted by Crippen LogP contribution is 2.30. The molecule has 118 valence electrons. The number of sulfonamides is 1. The second kappa shape index (κ2) is 7.42. The van der Waals surface area contributed by atoms with Gasteiger partial charge in [-0.05, 0) is 58.8 Å². The molecule has 0 bridgehead atoms. The molecule has 0 saturated heterocycles. The van der Waals surface area contributed by atoms with Gasteiger partial charge in [-0.25, -0.2) is 13.1 Å². The summed E-state index contributed by atoms with van der Waals surface area (Å²) in [6.07, 6.45) is 4.13. The largest absolute Gasteiger partial charge is 0.396 e. The van der Waals surface area contributed by atoms with E-state index in [9.17, 15) is 13.5 Å². The maximum atomic E-state index is 12.3. The Labute approximate surface area is 139 Å². The first-order valence-electron chi connectivity index (χ1n) is 6.99. The lowest BCUT2D eigenvalue weighted by Crippen LogP contribution is -2.35. The average molecular weight is 397 g/mol. The van der Waals surface area contributed by atoms with Gasteiger partial charge in [0, 0.05) is 17.6 Å². The third-order valence-electron chi connectivity index (χ3n) is 4.04. The standard InChI is InChI=1S/C14H19BrClNO3S/c15-13-7-12(5-6-14(13)16)21(19,20)17-8-10-3-1-2-4-11(10)9-18/h5-7,10-11,17-18H,1-4,8-9H2. The molecule has 2 N–H and O–H groups in total. The van der Waals surface area contributed by atoms with E-state index < -0.39 is 10.0 Å². The molecular formula is C14H19BrClNO3S. The molecular weight excluding hydrogens is 378 g/mol. The second-order valence-electron chi connectivity index (χ2n) is 5.42. The van der Waals surface area contributed by atoms with Crippen LogP contribution >= 0.6 is 27.5 Å². The van der Waals surface area contributed by atoms with Gasteiger partial charge in [0.1, 0.15) is 0 Å². The molecule has 2 atom stereocenters. The van der Waals surface area contributed by atoms with E-state index in [4.69, 9.17) is 11.6 Å². The highest BCUT2D eigenvalue weighted by molar-refractivity contribution is 9.10. The molecule has 0 amide bonds. The van der Waals surface area contributed by atoms with E-state index in [1.807, 2.05) is 0 Å². The minimum absolute atomic E-state index is 0.124. The molecule has 0 heterocycles. The average Bonchev–Trinajstić information content (AvgIpc) is 2.48. The Kier molecular flexibility index (Phi) is 6.08. The maximum Gasteiger partial charge on any atom is 0.240 e. The van der Waals surface area contributed by atoms with E-state index in [-0.39, 0.29) is 23.3 Å². The lowest BCUT2D eigenvalue weighted by atomic mass is 9.80. The molecule has 2 unspecified atom stereocenters. The van der Waals surface area contributed by atoms with Gasteiger partial charge in [-0.1, -0.05) is 24.4 Å². The number of aliphatic hydroxyl groups is 1. The van der Waals surface area contributed by atoms with Crippen molar-refractivity contribution >= 4 is 37.6 Å². The van der Waals surface area contributed by atoms with E-state index in [1.165, 1.54) is 12.1 Å². The van der Waals surface area contributed by atoms with Crippen molar-refractivity contribution in [2.45, 2.75) is 30.6 Å². The smallest absolute Gasteiger partial charge is 0.240 e. The minimum atomic E-state index is -3.55. The van der Waals surface area contributed by atoms with Gasteiger partial charge in [0.05, 0.1) is 9.92 Å². The number of nitrogens with one attached hydrogen (secondary N) is 1. The summed E-state index contributed by atoms with van der Waals surface area (Å²) in [5.74, 6) is 0.396. The highest BCUT2D eigenvalue weighted by Gasteiger charge is 2.26. The third-order valence-corrected chi connectivity index (χ3v) is 6.67. The van der Waals surface area contributed by atoms with Crippen LogP contribution < -0.4 is 4.72 Å². The molecule has 2 rings (SSSR count). The topological polar surface area (TPSA) is 66.4 Å². The molecule has 1 aromatic rings. The van der Waals surface area contributed by atoms with Crippen LogP contribution in [0.2, 0.25) is 5.02 Å². The SMILES string of the molecule is O=S(=O)(NCC1CCCCC1CO)c1ccc(Cl)c(Br)c1. The second-order valence-corrected chi connectivity index (χ2v) is 8.44. The Balaban J connectivity index is 2.05. The number of halogens is 2. The summed E-state index contributed by atoms with van der Waals surface area (Å²) in [7, 11) is -3.55. The first-order chi connectivity index (χ1) is 9.94. The predicted octanol–water partition coefficient (Wildman–Crippen LogP) is 3.18. The van der Waals surface area contributed by atoms with Crippen molar-refractivity contribution < 1.29 is 13.5 Å². The maximum absolute atomic E-state index is 12.3. The van der Waals surface area contributed by atoms with Crippen LogP contribution in [-0.4, -0.2) is 26.7 Å². The predicted molar refractivity (Wildman–Crippen MR) is 86.9 cm³/mol. The monoisotopic (exact) mass is 395 g/mol. The highest BCUT2D eigenvalue weighted by atomic mass is 79.9. The van der Waals surface area contributed by atoms with Crippen LogP contribution in [0, 0.1) is 11.8 Å². The first kappa shape index (κ1) is 17.2. The zero-order chi connectivity index (χ0) is 15.5. The zero-order valence-electron chi connectivity index (χ0n) is 11.6. The summed E-state index contributed by atoms with van der Waals surface area (Å²) in [5.41, 5.74) is 0. The van der Waals surface area contributed by atoms with Crippen molar-refractivity contribution in [3.63, 3.8) is 0 Å². The van der Waals surface area contributed by atoms with Crippen LogP contribution in [0.15, 0.2) is 27.6 Å². The summed E-state index contributed by atoms with van der Waals surface area (Å²) in [6.45, 7) is 0.493. The molecule has 0 radical (unpaired) electrons. The van der Waals surface area contributed by atoms with Crippen LogP contribution in [0.25, 0.3) is 0 Å². The zero-order valence-corrected chi connectivity index (χ0v) is 14.7. The summed E-state index contributed by atoms with van der Waals surface area (Å²) in [6, 6.07) is 4.53. The Morgan fingerprint density at radius 2 is 1.95 bits per heavy atom. The molecule has 1 aliphatic carbocycles. The van der Waals surface area contributed by atoms with Crippen LogP contribution in [0.5, 0.6) is 0 Å². The fourth-order valence-corrected chi connectivity index (χ4v) is 4.51. The Morgan fingerprint density at radius 1 is 1.29 bits per heavy atom. The van der Waals surface area contributed by atoms with Gasteiger partial charge in [0.2, 0.25) is 10.0 Å². The molecule has 1 fully saturated rings. The lowest BCUT2D eigenvalue weighted by molar-refractivity contribution is 0.136. The van der Waals surface area contributed by atoms with Crippen molar-refractivity contribution in [2.24, 2.45) is 11.8 Å². The molecule has 0 spiro atoms. The van der Waals surface area contributed by atoms with Crippen molar-refractivity contribution in [1.82, 2.24) is 4.72 Å². The van der Waals surface area contributed by atoms with Gasteiger partial charge >= 0.3 is 0 Å². The van der Waals surface area contributed by atoms with Gasteiger partial charge in [-0.15, -0.1) is 0 Å². The molecule has 21 heavy (non-hydrogen) atoms. The fraction of sp³-hybridized carbons (Fsp3) is 0.571. The normalized spacial score (nSPS) is 23.2. The Morgan fingerprint density at radius 3 is 2.57 bits per heavy atom.